The largest absolute Gasteiger partial charge is 0.497 e. The van der Waals surface area contributed by atoms with Crippen LogP contribution < -0.4 is 10.1 Å². The molecule has 0 aliphatic rings. The Kier molecular flexibility index (Phi) is 6.44. The molecule has 2 heterocycles. The molecule has 33 heavy (non-hydrogen) atoms. The zero-order valence-electron chi connectivity index (χ0n) is 17.5. The first-order valence-corrected chi connectivity index (χ1v) is 11.8. The number of ether oxygens (including phenoxy) is 1. The lowest BCUT2D eigenvalue weighted by Gasteiger charge is -2.11. The molecule has 0 aliphatic carbocycles. The number of hydrogen-bond acceptors (Lipinski definition) is 10. The van der Waals surface area contributed by atoms with Gasteiger partial charge in [-0.05, 0) is 24.3 Å². The van der Waals surface area contributed by atoms with Crippen LogP contribution in [0.15, 0.2) is 63.5 Å². The molecule has 0 spiro atoms. The van der Waals surface area contributed by atoms with E-state index in [4.69, 9.17) is 9.26 Å². The monoisotopic (exact) mass is 486 g/mol. The number of amides is 1. The van der Waals surface area contributed by atoms with Gasteiger partial charge in [-0.15, -0.1) is 10.2 Å². The number of methoxy groups -OCH3 is 1. The fraction of sp³-hybridized carbons (Fsp3) is 0.150. The Hall–Kier alpha value is -3.68. The minimum absolute atomic E-state index is 0.0638. The number of hydrogen-bond donors (Lipinski definition) is 1. The molecule has 0 atom stereocenters. The molecule has 0 saturated carbocycles. The summed E-state index contributed by atoms with van der Waals surface area (Å²) in [6, 6.07) is 15.6. The SMILES string of the molecule is COc1cccc(-c2noc(CN(C)S(=O)(=O)c3nnc(NC(=O)c4ccccc4)s3)n2)c1. The highest BCUT2D eigenvalue weighted by molar-refractivity contribution is 7.91. The summed E-state index contributed by atoms with van der Waals surface area (Å²) in [7, 11) is -1.10. The van der Waals surface area contributed by atoms with E-state index in [2.05, 4.69) is 25.7 Å². The molecule has 0 unspecified atom stereocenters. The van der Waals surface area contributed by atoms with Crippen molar-refractivity contribution in [3.8, 4) is 17.1 Å². The van der Waals surface area contributed by atoms with Gasteiger partial charge in [-0.25, -0.2) is 8.42 Å². The van der Waals surface area contributed by atoms with Crippen molar-refractivity contribution in [2.75, 3.05) is 19.5 Å². The lowest BCUT2D eigenvalue weighted by Crippen LogP contribution is -2.26. The van der Waals surface area contributed by atoms with Gasteiger partial charge in [-0.2, -0.15) is 9.29 Å². The highest BCUT2D eigenvalue weighted by atomic mass is 32.2. The average molecular weight is 487 g/mol. The highest BCUT2D eigenvalue weighted by Crippen LogP contribution is 2.25. The van der Waals surface area contributed by atoms with E-state index in [0.29, 0.717) is 22.7 Å². The van der Waals surface area contributed by atoms with Crippen LogP contribution in [0.3, 0.4) is 0 Å². The predicted octanol–water partition coefficient (Wildman–Crippen LogP) is 2.67. The van der Waals surface area contributed by atoms with Crippen LogP contribution in [0.2, 0.25) is 0 Å². The van der Waals surface area contributed by atoms with E-state index in [-0.39, 0.29) is 21.9 Å². The van der Waals surface area contributed by atoms with Crippen molar-refractivity contribution in [1.82, 2.24) is 24.6 Å². The maximum atomic E-state index is 12.9. The van der Waals surface area contributed by atoms with Gasteiger partial charge in [0.1, 0.15) is 5.75 Å². The molecule has 0 aliphatic heterocycles. The summed E-state index contributed by atoms with van der Waals surface area (Å²) in [6.45, 7) is -0.176. The van der Waals surface area contributed by atoms with Gasteiger partial charge in [0.2, 0.25) is 21.2 Å². The summed E-state index contributed by atoms with van der Waals surface area (Å²) in [5.74, 6) is 0.613. The fourth-order valence-corrected chi connectivity index (χ4v) is 4.93. The Morgan fingerprint density at radius 3 is 2.70 bits per heavy atom. The summed E-state index contributed by atoms with van der Waals surface area (Å²) in [4.78, 5) is 16.5. The average Bonchev–Trinajstić information content (AvgIpc) is 3.50. The first kappa shape index (κ1) is 22.5. The Bertz CT molecular complexity index is 1370. The molecule has 170 valence electrons. The molecule has 13 heteroatoms. The van der Waals surface area contributed by atoms with Crippen molar-refractivity contribution in [3.63, 3.8) is 0 Å². The van der Waals surface area contributed by atoms with Crippen LogP contribution in [-0.2, 0) is 16.6 Å². The van der Waals surface area contributed by atoms with Gasteiger partial charge < -0.3 is 9.26 Å². The molecule has 1 N–H and O–H groups in total. The van der Waals surface area contributed by atoms with Crippen molar-refractivity contribution in [1.29, 1.82) is 0 Å². The molecule has 0 bridgehead atoms. The first-order chi connectivity index (χ1) is 15.9. The van der Waals surface area contributed by atoms with Gasteiger partial charge in [0, 0.05) is 18.2 Å². The van der Waals surface area contributed by atoms with Gasteiger partial charge in [0.15, 0.2) is 0 Å². The number of anilines is 1. The van der Waals surface area contributed by atoms with E-state index in [0.717, 1.165) is 15.6 Å². The molecule has 4 rings (SSSR count). The smallest absolute Gasteiger partial charge is 0.272 e. The van der Waals surface area contributed by atoms with E-state index < -0.39 is 15.9 Å². The second kappa shape index (κ2) is 9.44. The number of nitrogens with one attached hydrogen (secondary N) is 1. The lowest BCUT2D eigenvalue weighted by atomic mass is 10.2. The second-order valence-electron chi connectivity index (χ2n) is 6.70. The van der Waals surface area contributed by atoms with E-state index in [1.807, 2.05) is 0 Å². The number of rotatable bonds is 8. The van der Waals surface area contributed by atoms with Crippen molar-refractivity contribution in [2.45, 2.75) is 10.9 Å². The van der Waals surface area contributed by atoms with Gasteiger partial charge in [0.25, 0.3) is 15.9 Å². The Balaban J connectivity index is 1.45. The molecule has 0 radical (unpaired) electrons. The number of carbonyl (C=O) groups is 1. The molecule has 1 amide bonds. The normalized spacial score (nSPS) is 11.5. The summed E-state index contributed by atoms with van der Waals surface area (Å²) in [6.07, 6.45) is 0. The minimum atomic E-state index is -4.00. The number of nitrogens with zero attached hydrogens (tertiary/aromatic N) is 5. The molecule has 2 aromatic carbocycles. The summed E-state index contributed by atoms with van der Waals surface area (Å²) < 4.78 is 36.9. The molecule has 4 aromatic rings. The van der Waals surface area contributed by atoms with Crippen LogP contribution in [-0.4, -0.2) is 53.1 Å². The number of benzene rings is 2. The highest BCUT2D eigenvalue weighted by Gasteiger charge is 2.28. The maximum Gasteiger partial charge on any atom is 0.272 e. The zero-order chi connectivity index (χ0) is 23.4. The third-order valence-corrected chi connectivity index (χ3v) is 7.44. The molecular weight excluding hydrogens is 468 g/mol. The number of sulfonamides is 1. The van der Waals surface area contributed by atoms with Crippen LogP contribution in [0.5, 0.6) is 5.75 Å². The zero-order valence-corrected chi connectivity index (χ0v) is 19.1. The van der Waals surface area contributed by atoms with Gasteiger partial charge >= 0.3 is 0 Å². The van der Waals surface area contributed by atoms with Crippen LogP contribution in [0.25, 0.3) is 11.4 Å². The van der Waals surface area contributed by atoms with Gasteiger partial charge in [-0.1, -0.05) is 46.8 Å². The van der Waals surface area contributed by atoms with Crippen LogP contribution in [0.4, 0.5) is 5.13 Å². The van der Waals surface area contributed by atoms with Crippen molar-refractivity contribution < 1.29 is 22.5 Å². The first-order valence-electron chi connectivity index (χ1n) is 9.50. The molecule has 2 aromatic heterocycles. The summed E-state index contributed by atoms with van der Waals surface area (Å²) in [5.41, 5.74) is 1.08. The molecule has 11 nitrogen and oxygen atoms in total. The minimum Gasteiger partial charge on any atom is -0.497 e. The molecule has 0 saturated heterocycles. The third-order valence-electron chi connectivity index (χ3n) is 4.45. The second-order valence-corrected chi connectivity index (χ2v) is 9.89. The Labute approximate surface area is 193 Å². The molecule has 0 fully saturated rings. The lowest BCUT2D eigenvalue weighted by molar-refractivity contribution is 0.102. The van der Waals surface area contributed by atoms with Crippen molar-refractivity contribution in [3.05, 3.63) is 66.1 Å². The topological polar surface area (TPSA) is 140 Å². The fourth-order valence-electron chi connectivity index (χ4n) is 2.73. The van der Waals surface area contributed by atoms with Crippen molar-refractivity contribution >= 4 is 32.4 Å². The number of aromatic nitrogens is 4. The van der Waals surface area contributed by atoms with E-state index >= 15 is 0 Å². The van der Waals surface area contributed by atoms with Crippen LogP contribution >= 0.6 is 11.3 Å². The Morgan fingerprint density at radius 1 is 1.15 bits per heavy atom. The maximum absolute atomic E-state index is 12.9. The Morgan fingerprint density at radius 2 is 1.94 bits per heavy atom. The van der Waals surface area contributed by atoms with E-state index in [1.165, 1.54) is 7.05 Å². The standard InChI is InChI=1S/C20H18N6O5S2/c1-26(12-16-21-17(25-31-16)14-9-6-10-15(11-14)30-2)33(28,29)20-24-23-19(32-20)22-18(27)13-7-4-3-5-8-13/h3-11H,12H2,1-2H3,(H,22,23,27). The van der Waals surface area contributed by atoms with Crippen LogP contribution in [0, 0.1) is 0 Å². The number of carbonyl (C=O) groups excluding carboxylic acids is 1. The van der Waals surface area contributed by atoms with Crippen molar-refractivity contribution in [2.24, 2.45) is 0 Å². The van der Waals surface area contributed by atoms with Gasteiger partial charge in [0.05, 0.1) is 13.7 Å². The third kappa shape index (κ3) is 5.05. The van der Waals surface area contributed by atoms with E-state index in [9.17, 15) is 13.2 Å². The quantitative estimate of drug-likeness (QED) is 0.372. The van der Waals surface area contributed by atoms with E-state index in [1.54, 1.807) is 61.7 Å². The van der Waals surface area contributed by atoms with Crippen LogP contribution in [0.1, 0.15) is 16.2 Å². The predicted molar refractivity (Wildman–Crippen MR) is 119 cm³/mol. The van der Waals surface area contributed by atoms with Gasteiger partial charge in [-0.3, -0.25) is 10.1 Å². The molecular formula is C20H18N6O5S2. The summed E-state index contributed by atoms with van der Waals surface area (Å²) >= 11 is 0.744. The summed E-state index contributed by atoms with van der Waals surface area (Å²) in [5, 5.41) is 14.0.